The maximum absolute atomic E-state index is 11.6. The molecule has 0 amide bonds. The van der Waals surface area contributed by atoms with Gasteiger partial charge in [-0.15, -0.1) is 0 Å². The molecule has 4 nitrogen and oxygen atoms in total. The van der Waals surface area contributed by atoms with Crippen LogP contribution in [0.3, 0.4) is 0 Å². The molecule has 76 valence electrons. The number of hydrogen-bond donors (Lipinski definition) is 0. The summed E-state index contributed by atoms with van der Waals surface area (Å²) < 4.78 is 9.69. The van der Waals surface area contributed by atoms with Crippen molar-refractivity contribution in [2.45, 2.75) is 0 Å². The van der Waals surface area contributed by atoms with Crippen LogP contribution in [0, 0.1) is 0 Å². The minimum atomic E-state index is -0.655. The van der Waals surface area contributed by atoms with Gasteiger partial charge in [0.2, 0.25) is 5.76 Å². The lowest BCUT2D eigenvalue weighted by atomic mass is 10.3. The summed E-state index contributed by atoms with van der Waals surface area (Å²) in [6.45, 7) is 0. The number of hydrogen-bond acceptors (Lipinski definition) is 4. The van der Waals surface area contributed by atoms with Gasteiger partial charge < -0.3 is 9.15 Å². The molecular formula is C11H8O4. The molecule has 1 aromatic heterocycles. The van der Waals surface area contributed by atoms with Gasteiger partial charge in [-0.2, -0.15) is 0 Å². The van der Waals surface area contributed by atoms with Crippen LogP contribution in [-0.2, 0) is 4.74 Å². The summed E-state index contributed by atoms with van der Waals surface area (Å²) >= 11 is 0. The minimum Gasteiger partial charge on any atom is -0.463 e. The molecule has 1 aromatic carbocycles. The van der Waals surface area contributed by atoms with Crippen LogP contribution in [0.25, 0.3) is 11.0 Å². The Kier molecular flexibility index (Phi) is 2.25. The van der Waals surface area contributed by atoms with Crippen molar-refractivity contribution in [3.63, 3.8) is 0 Å². The molecule has 2 aromatic rings. The molecule has 0 spiro atoms. The molecule has 0 saturated heterocycles. The third-order valence-corrected chi connectivity index (χ3v) is 2.02. The number of para-hydroxylation sites is 1. The van der Waals surface area contributed by atoms with E-state index in [0.29, 0.717) is 11.0 Å². The molecule has 0 radical (unpaired) electrons. The van der Waals surface area contributed by atoms with Crippen LogP contribution in [0.5, 0.6) is 0 Å². The van der Waals surface area contributed by atoms with E-state index in [1.54, 1.807) is 24.3 Å². The summed E-state index contributed by atoms with van der Waals surface area (Å²) in [6.07, 6.45) is 0. The first kappa shape index (κ1) is 9.45. The van der Waals surface area contributed by atoms with Gasteiger partial charge in [-0.05, 0) is 12.1 Å². The fraction of sp³-hybridized carbons (Fsp3) is 0.0909. The number of fused-ring (bicyclic) bond motifs is 1. The van der Waals surface area contributed by atoms with Crippen LogP contribution in [0.1, 0.15) is 10.6 Å². The van der Waals surface area contributed by atoms with Crippen molar-refractivity contribution in [2.24, 2.45) is 0 Å². The summed E-state index contributed by atoms with van der Waals surface area (Å²) in [5.74, 6) is -0.737. The highest BCUT2D eigenvalue weighted by Gasteiger charge is 2.11. The van der Waals surface area contributed by atoms with E-state index in [1.165, 1.54) is 7.11 Å². The SMILES string of the molecule is COC(=O)c1c[14c](=O)c2ccccc2o1. The van der Waals surface area contributed by atoms with Crippen LogP contribution < -0.4 is 5.43 Å². The zero-order chi connectivity index (χ0) is 10.8. The number of esters is 1. The van der Waals surface area contributed by atoms with Gasteiger partial charge in [0.05, 0.1) is 12.5 Å². The molecular weight excluding hydrogens is 198 g/mol. The number of methoxy groups -OCH3 is 1. The van der Waals surface area contributed by atoms with Gasteiger partial charge in [0.25, 0.3) is 0 Å². The molecule has 0 N–H and O–H groups in total. The highest BCUT2D eigenvalue weighted by atomic mass is 16.5. The first-order chi connectivity index (χ1) is 7.22. The summed E-state index contributed by atoms with van der Waals surface area (Å²) in [4.78, 5) is 22.7. The first-order valence-electron chi connectivity index (χ1n) is 4.33. The molecule has 0 aliphatic heterocycles. The van der Waals surface area contributed by atoms with Crippen LogP contribution in [0.4, 0.5) is 0 Å². The van der Waals surface area contributed by atoms with Crippen molar-refractivity contribution in [1.29, 1.82) is 0 Å². The Balaban J connectivity index is 2.73. The fourth-order valence-corrected chi connectivity index (χ4v) is 1.31. The number of carbonyl (C=O) groups is 1. The topological polar surface area (TPSA) is 56.5 Å². The largest absolute Gasteiger partial charge is 0.463 e. The van der Waals surface area contributed by atoms with E-state index >= 15 is 0 Å². The van der Waals surface area contributed by atoms with E-state index in [9.17, 15) is 9.59 Å². The lowest BCUT2D eigenvalue weighted by Crippen LogP contribution is -2.08. The Morgan fingerprint density at radius 1 is 1.40 bits per heavy atom. The Morgan fingerprint density at radius 3 is 2.87 bits per heavy atom. The zero-order valence-electron chi connectivity index (χ0n) is 8.02. The van der Waals surface area contributed by atoms with Crippen molar-refractivity contribution in [2.75, 3.05) is 7.11 Å². The molecule has 1 heterocycles. The minimum absolute atomic E-state index is 0.0822. The smallest absolute Gasteiger partial charge is 0.374 e. The maximum atomic E-state index is 11.6. The van der Waals surface area contributed by atoms with E-state index in [0.717, 1.165) is 6.07 Å². The molecule has 0 atom stereocenters. The highest BCUT2D eigenvalue weighted by molar-refractivity contribution is 5.88. The average Bonchev–Trinajstić information content (AvgIpc) is 2.28. The van der Waals surface area contributed by atoms with Crippen LogP contribution in [0.2, 0.25) is 0 Å². The van der Waals surface area contributed by atoms with E-state index in [1.807, 2.05) is 0 Å². The first-order valence-corrected chi connectivity index (χ1v) is 4.33. The van der Waals surface area contributed by atoms with Crippen molar-refractivity contribution in [1.82, 2.24) is 0 Å². The summed E-state index contributed by atoms with van der Waals surface area (Å²) in [5, 5.41) is 0.449. The fourth-order valence-electron chi connectivity index (χ4n) is 1.31. The molecule has 0 fully saturated rings. The molecule has 4 heteroatoms. The third kappa shape index (κ3) is 1.61. The zero-order valence-corrected chi connectivity index (χ0v) is 8.02. The Morgan fingerprint density at radius 2 is 2.13 bits per heavy atom. The van der Waals surface area contributed by atoms with Gasteiger partial charge in [-0.1, -0.05) is 12.1 Å². The van der Waals surface area contributed by atoms with Gasteiger partial charge in [0, 0.05) is 6.07 Å². The van der Waals surface area contributed by atoms with Crippen LogP contribution in [-0.4, -0.2) is 13.1 Å². The van der Waals surface area contributed by atoms with Gasteiger partial charge >= 0.3 is 5.97 Å². The quantitative estimate of drug-likeness (QED) is 0.664. The van der Waals surface area contributed by atoms with Gasteiger partial charge in [0.1, 0.15) is 5.58 Å². The molecule has 0 aliphatic carbocycles. The lowest BCUT2D eigenvalue weighted by Gasteiger charge is -2.00. The molecule has 2 rings (SSSR count). The standard InChI is InChI=1S/C11H8O4/c1-14-11(13)10-6-8(12)7-4-2-3-5-9(7)15-10/h2-6H,1H3/i8+2. The second-order valence-corrected chi connectivity index (χ2v) is 2.96. The lowest BCUT2D eigenvalue weighted by molar-refractivity contribution is 0.0565. The highest BCUT2D eigenvalue weighted by Crippen LogP contribution is 2.11. The van der Waals surface area contributed by atoms with Crippen molar-refractivity contribution < 1.29 is 13.9 Å². The molecule has 0 unspecified atom stereocenters. The predicted molar refractivity (Wildman–Crippen MR) is 53.8 cm³/mol. The monoisotopic (exact) mass is 206 g/mol. The number of benzene rings is 1. The molecule has 15 heavy (non-hydrogen) atoms. The molecule has 0 bridgehead atoms. The van der Waals surface area contributed by atoms with Gasteiger partial charge in [-0.25, -0.2) is 4.79 Å². The van der Waals surface area contributed by atoms with E-state index in [2.05, 4.69) is 4.74 Å². The summed E-state index contributed by atoms with van der Waals surface area (Å²) in [6, 6.07) is 7.86. The Labute approximate surface area is 85.1 Å². The number of rotatable bonds is 1. The Hall–Kier alpha value is -2.10. The normalized spacial score (nSPS) is 10.2. The number of ether oxygens (including phenoxy) is 1. The second kappa shape index (κ2) is 3.57. The third-order valence-electron chi connectivity index (χ3n) is 2.02. The van der Waals surface area contributed by atoms with E-state index in [-0.39, 0.29) is 11.2 Å². The average molecular weight is 206 g/mol. The van der Waals surface area contributed by atoms with Gasteiger partial charge in [-0.3, -0.25) is 4.79 Å². The number of carbonyl (C=O) groups excluding carboxylic acids is 1. The molecule has 0 saturated carbocycles. The predicted octanol–water partition coefficient (Wildman–Crippen LogP) is 1.58. The molecule has 0 aliphatic rings. The maximum Gasteiger partial charge on any atom is 0.374 e. The summed E-state index contributed by atoms with van der Waals surface area (Å²) in [7, 11) is 1.23. The summed E-state index contributed by atoms with van der Waals surface area (Å²) in [5.41, 5.74) is 0.127. The second-order valence-electron chi connectivity index (χ2n) is 2.96. The van der Waals surface area contributed by atoms with Crippen LogP contribution in [0.15, 0.2) is 39.5 Å². The Bertz CT molecular complexity index is 568. The van der Waals surface area contributed by atoms with E-state index in [4.69, 9.17) is 4.42 Å². The van der Waals surface area contributed by atoms with Crippen molar-refractivity contribution in [3.8, 4) is 0 Å². The van der Waals surface area contributed by atoms with Gasteiger partial charge in [0.15, 0.2) is 5.43 Å². The van der Waals surface area contributed by atoms with Crippen LogP contribution >= 0.6 is 0 Å². The van der Waals surface area contributed by atoms with Crippen molar-refractivity contribution >= 4 is 16.9 Å². The van der Waals surface area contributed by atoms with Crippen molar-refractivity contribution in [3.05, 3.63) is 46.3 Å². The van der Waals surface area contributed by atoms with E-state index < -0.39 is 5.97 Å².